The molecule has 1 saturated carbocycles. The van der Waals surface area contributed by atoms with Crippen molar-refractivity contribution in [3.8, 4) is 0 Å². The molecular weight excluding hydrogens is 383 g/mol. The highest BCUT2D eigenvalue weighted by molar-refractivity contribution is 6.30. The Hall–Kier alpha value is -2.03. The van der Waals surface area contributed by atoms with Crippen molar-refractivity contribution in [1.82, 2.24) is 24.9 Å². The highest BCUT2D eigenvalue weighted by Gasteiger charge is 2.37. The van der Waals surface area contributed by atoms with Gasteiger partial charge >= 0.3 is 6.18 Å². The molecule has 2 aromatic rings. The standard InChI is InChI=1S/C17H21ClF3N5O/c1-2-13(26-10-12(18)9-23-26)16(27)22-6-3-7-25-14(11-4-5-11)8-15(24-25)17(19,20)21/h8-11,13H,2-7H2,1H3,(H,22,27). The van der Waals surface area contributed by atoms with Gasteiger partial charge in [0.15, 0.2) is 5.69 Å². The summed E-state index contributed by atoms with van der Waals surface area (Å²) in [5.41, 5.74) is -0.221. The summed E-state index contributed by atoms with van der Waals surface area (Å²) in [7, 11) is 0. The quantitative estimate of drug-likeness (QED) is 0.682. The summed E-state index contributed by atoms with van der Waals surface area (Å²) in [5.74, 6) is -0.0339. The van der Waals surface area contributed by atoms with Gasteiger partial charge in [0.05, 0.1) is 11.2 Å². The molecule has 2 aromatic heterocycles. The lowest BCUT2D eigenvalue weighted by atomic mass is 10.2. The fourth-order valence-electron chi connectivity index (χ4n) is 2.99. The third-order valence-corrected chi connectivity index (χ3v) is 4.72. The van der Waals surface area contributed by atoms with E-state index in [2.05, 4.69) is 15.5 Å². The number of hydrogen-bond donors (Lipinski definition) is 1. The van der Waals surface area contributed by atoms with Crippen LogP contribution in [0.4, 0.5) is 13.2 Å². The number of halogens is 4. The molecule has 2 heterocycles. The van der Waals surface area contributed by atoms with E-state index in [9.17, 15) is 18.0 Å². The molecule has 1 unspecified atom stereocenters. The van der Waals surface area contributed by atoms with Crippen LogP contribution < -0.4 is 5.32 Å². The van der Waals surface area contributed by atoms with Gasteiger partial charge in [-0.05, 0) is 31.7 Å². The summed E-state index contributed by atoms with van der Waals surface area (Å²) < 4.78 is 41.6. The molecule has 0 aromatic carbocycles. The van der Waals surface area contributed by atoms with Crippen LogP contribution in [0.25, 0.3) is 0 Å². The van der Waals surface area contributed by atoms with E-state index < -0.39 is 17.9 Å². The van der Waals surface area contributed by atoms with Crippen molar-refractivity contribution in [1.29, 1.82) is 0 Å². The number of nitrogens with one attached hydrogen (secondary N) is 1. The summed E-state index contributed by atoms with van der Waals surface area (Å²) in [6.07, 6.45) is 1.42. The largest absolute Gasteiger partial charge is 0.435 e. The first-order valence-corrected chi connectivity index (χ1v) is 9.29. The van der Waals surface area contributed by atoms with Gasteiger partial charge in [-0.25, -0.2) is 0 Å². The van der Waals surface area contributed by atoms with Crippen molar-refractivity contribution in [2.75, 3.05) is 6.54 Å². The molecule has 6 nitrogen and oxygen atoms in total. The van der Waals surface area contributed by atoms with Crippen LogP contribution in [0.3, 0.4) is 0 Å². The van der Waals surface area contributed by atoms with Crippen LogP contribution >= 0.6 is 11.6 Å². The minimum Gasteiger partial charge on any atom is -0.354 e. The molecule has 1 atom stereocenters. The van der Waals surface area contributed by atoms with Crippen molar-refractivity contribution >= 4 is 17.5 Å². The monoisotopic (exact) mass is 403 g/mol. The third kappa shape index (κ3) is 4.82. The molecule has 3 rings (SSSR count). The van der Waals surface area contributed by atoms with Crippen molar-refractivity contribution in [2.24, 2.45) is 0 Å². The van der Waals surface area contributed by atoms with Crippen molar-refractivity contribution in [2.45, 2.75) is 57.3 Å². The van der Waals surface area contributed by atoms with E-state index in [1.165, 1.54) is 15.6 Å². The van der Waals surface area contributed by atoms with Crippen LogP contribution in [0.1, 0.15) is 56.0 Å². The summed E-state index contributed by atoms with van der Waals surface area (Å²) in [6.45, 7) is 2.53. The number of aryl methyl sites for hydroxylation is 1. The lowest BCUT2D eigenvalue weighted by Gasteiger charge is -2.15. The second kappa shape index (κ2) is 7.92. The van der Waals surface area contributed by atoms with Crippen LogP contribution in [-0.2, 0) is 17.5 Å². The molecular formula is C17H21ClF3N5O. The Bertz CT molecular complexity index is 797. The van der Waals surface area contributed by atoms with Crippen LogP contribution in [-0.4, -0.2) is 32.0 Å². The minimum atomic E-state index is -4.44. The molecule has 0 saturated heterocycles. The molecule has 0 radical (unpaired) electrons. The SMILES string of the molecule is CCC(C(=O)NCCCn1nc(C(F)(F)F)cc1C1CC1)n1cc(Cl)cn1. The van der Waals surface area contributed by atoms with Gasteiger partial charge in [0.1, 0.15) is 6.04 Å². The van der Waals surface area contributed by atoms with Gasteiger partial charge in [-0.15, -0.1) is 0 Å². The Labute approximate surface area is 159 Å². The number of hydrogen-bond acceptors (Lipinski definition) is 3. The van der Waals surface area contributed by atoms with Gasteiger partial charge in [-0.3, -0.25) is 14.2 Å². The Morgan fingerprint density at radius 1 is 1.44 bits per heavy atom. The molecule has 0 spiro atoms. The van der Waals surface area contributed by atoms with E-state index in [1.807, 2.05) is 6.92 Å². The Morgan fingerprint density at radius 3 is 2.74 bits per heavy atom. The summed E-state index contributed by atoms with van der Waals surface area (Å²) >= 11 is 5.84. The zero-order valence-electron chi connectivity index (χ0n) is 14.8. The zero-order chi connectivity index (χ0) is 19.6. The molecule has 0 aliphatic heterocycles. The van der Waals surface area contributed by atoms with Crippen LogP contribution in [0.15, 0.2) is 18.5 Å². The Kier molecular flexibility index (Phi) is 5.78. The van der Waals surface area contributed by atoms with Crippen molar-refractivity contribution in [3.05, 3.63) is 34.9 Å². The van der Waals surface area contributed by atoms with Crippen molar-refractivity contribution < 1.29 is 18.0 Å². The summed E-state index contributed by atoms with van der Waals surface area (Å²) in [5, 5.41) is 11.0. The fraction of sp³-hybridized carbons (Fsp3) is 0.588. The van der Waals surface area contributed by atoms with E-state index >= 15 is 0 Å². The third-order valence-electron chi connectivity index (χ3n) is 4.52. The molecule has 0 bridgehead atoms. The lowest BCUT2D eigenvalue weighted by molar-refractivity contribution is -0.141. The molecule has 27 heavy (non-hydrogen) atoms. The number of carbonyl (C=O) groups excluding carboxylic acids is 1. The maximum absolute atomic E-state index is 12.9. The maximum atomic E-state index is 12.9. The molecule has 1 N–H and O–H groups in total. The van der Waals surface area contributed by atoms with Gasteiger partial charge in [-0.1, -0.05) is 18.5 Å². The average molecular weight is 404 g/mol. The second-order valence-electron chi connectivity index (χ2n) is 6.66. The second-order valence-corrected chi connectivity index (χ2v) is 7.09. The van der Waals surface area contributed by atoms with Gasteiger partial charge in [0.2, 0.25) is 5.91 Å². The fourth-order valence-corrected chi connectivity index (χ4v) is 3.14. The molecule has 1 aliphatic rings. The summed E-state index contributed by atoms with van der Waals surface area (Å²) in [6, 6.07) is 0.672. The first-order valence-electron chi connectivity index (χ1n) is 8.92. The average Bonchev–Trinajstić information content (AvgIpc) is 3.21. The molecule has 1 amide bonds. The van der Waals surface area contributed by atoms with Crippen molar-refractivity contribution in [3.63, 3.8) is 0 Å². The first kappa shape index (κ1) is 19.7. The topological polar surface area (TPSA) is 64.7 Å². The Balaban J connectivity index is 1.54. The zero-order valence-corrected chi connectivity index (χ0v) is 15.6. The molecule has 1 aliphatic carbocycles. The van der Waals surface area contributed by atoms with Crippen LogP contribution in [0.5, 0.6) is 0 Å². The van der Waals surface area contributed by atoms with Crippen LogP contribution in [0, 0.1) is 0 Å². The Morgan fingerprint density at radius 2 is 2.19 bits per heavy atom. The highest BCUT2D eigenvalue weighted by atomic mass is 35.5. The minimum absolute atomic E-state index is 0.164. The number of nitrogens with zero attached hydrogens (tertiary/aromatic N) is 4. The number of rotatable bonds is 8. The van der Waals surface area contributed by atoms with Gasteiger partial charge in [0, 0.05) is 30.9 Å². The number of aromatic nitrogens is 4. The number of carbonyl (C=O) groups is 1. The van der Waals surface area contributed by atoms with Gasteiger partial charge < -0.3 is 5.32 Å². The number of amides is 1. The van der Waals surface area contributed by atoms with Gasteiger partial charge in [-0.2, -0.15) is 23.4 Å². The molecule has 1 fully saturated rings. The van der Waals surface area contributed by atoms with E-state index in [1.54, 1.807) is 6.20 Å². The van der Waals surface area contributed by atoms with Crippen LogP contribution in [0.2, 0.25) is 5.02 Å². The lowest BCUT2D eigenvalue weighted by Crippen LogP contribution is -2.33. The summed E-state index contributed by atoms with van der Waals surface area (Å²) in [4.78, 5) is 12.3. The maximum Gasteiger partial charge on any atom is 0.435 e. The van der Waals surface area contributed by atoms with Gasteiger partial charge in [0.25, 0.3) is 0 Å². The van der Waals surface area contributed by atoms with E-state index in [0.29, 0.717) is 36.6 Å². The van der Waals surface area contributed by atoms with E-state index in [-0.39, 0.29) is 11.8 Å². The molecule has 10 heteroatoms. The van der Waals surface area contributed by atoms with E-state index in [4.69, 9.17) is 11.6 Å². The normalized spacial score (nSPS) is 15.7. The first-order chi connectivity index (χ1) is 12.8. The number of alkyl halides is 3. The highest BCUT2D eigenvalue weighted by Crippen LogP contribution is 2.42. The van der Waals surface area contributed by atoms with E-state index in [0.717, 1.165) is 18.9 Å². The smallest absolute Gasteiger partial charge is 0.354 e. The predicted octanol–water partition coefficient (Wildman–Crippen LogP) is 3.79. The molecule has 148 valence electrons. The predicted molar refractivity (Wildman–Crippen MR) is 93.4 cm³/mol.